The van der Waals surface area contributed by atoms with Gasteiger partial charge in [-0.2, -0.15) is 0 Å². The van der Waals surface area contributed by atoms with E-state index in [-0.39, 0.29) is 11.5 Å². The van der Waals surface area contributed by atoms with E-state index in [0.717, 1.165) is 11.1 Å². The number of hydrogen-bond donors (Lipinski definition) is 0. The maximum Gasteiger partial charge on any atom is 0.175 e. The average Bonchev–Trinajstić information content (AvgIpc) is 2.04. The molecule has 12 heavy (non-hydrogen) atoms. The minimum Gasteiger partial charge on any atom is -0.293 e. The molecule has 62 valence electrons. The Morgan fingerprint density at radius 3 is 2.75 bits per heavy atom. The molecule has 2 rings (SSSR count). The molecule has 0 saturated heterocycles. The zero-order valence-corrected chi connectivity index (χ0v) is 7.26. The maximum absolute atomic E-state index is 11.3. The fraction of sp³-hybridized carbons (Fsp3) is 0.222. The van der Waals surface area contributed by atoms with Crippen LogP contribution in [0.25, 0.3) is 0 Å². The highest BCUT2D eigenvalue weighted by Gasteiger charge is 2.20. The molecule has 1 atom stereocenters. The lowest BCUT2D eigenvalue weighted by Crippen LogP contribution is -2.20. The Bertz CT molecular complexity index is 357. The second-order valence-electron chi connectivity index (χ2n) is 2.81. The number of carbonyl (C=O) groups is 1. The predicted molar refractivity (Wildman–Crippen MR) is 47.5 cm³/mol. The van der Waals surface area contributed by atoms with Crippen LogP contribution in [0.5, 0.6) is 0 Å². The van der Waals surface area contributed by atoms with Gasteiger partial charge in [-0.05, 0) is 5.56 Å². The van der Waals surface area contributed by atoms with E-state index >= 15 is 0 Å². The molecule has 2 nitrogen and oxygen atoms in total. The third kappa shape index (κ3) is 1.20. The van der Waals surface area contributed by atoms with Gasteiger partial charge in [-0.15, -0.1) is 0 Å². The molecular weight excluding hydrogens is 172 g/mol. The highest BCUT2D eigenvalue weighted by molar-refractivity contribution is 7.85. The van der Waals surface area contributed by atoms with Gasteiger partial charge in [0, 0.05) is 22.1 Å². The van der Waals surface area contributed by atoms with Crippen LogP contribution in [-0.4, -0.2) is 15.7 Å². The Morgan fingerprint density at radius 1 is 1.17 bits per heavy atom. The van der Waals surface area contributed by atoms with Crippen LogP contribution < -0.4 is 0 Å². The third-order valence-corrected chi connectivity index (χ3v) is 3.14. The molecule has 1 unspecified atom stereocenters. The summed E-state index contributed by atoms with van der Waals surface area (Å²) in [5, 5.41) is 0. The number of hydrogen-bond acceptors (Lipinski definition) is 2. The zero-order chi connectivity index (χ0) is 8.55. The quantitative estimate of drug-likeness (QED) is 0.599. The molecular formula is C9H8O2S. The first kappa shape index (κ1) is 7.68. The normalized spacial score (nSPS) is 22.0. The van der Waals surface area contributed by atoms with Gasteiger partial charge in [0.15, 0.2) is 5.78 Å². The molecule has 0 fully saturated rings. The van der Waals surface area contributed by atoms with Crippen LogP contribution in [0.4, 0.5) is 0 Å². The van der Waals surface area contributed by atoms with Crippen molar-refractivity contribution in [3.8, 4) is 0 Å². The summed E-state index contributed by atoms with van der Waals surface area (Å²) in [4.78, 5) is 11.3. The van der Waals surface area contributed by atoms with Crippen molar-refractivity contribution in [1.82, 2.24) is 0 Å². The van der Waals surface area contributed by atoms with Crippen LogP contribution in [-0.2, 0) is 16.6 Å². The molecule has 1 aromatic carbocycles. The van der Waals surface area contributed by atoms with Crippen molar-refractivity contribution >= 4 is 16.6 Å². The summed E-state index contributed by atoms with van der Waals surface area (Å²) in [5.74, 6) is 0.731. The van der Waals surface area contributed by atoms with Gasteiger partial charge in [0.05, 0.1) is 5.75 Å². The SMILES string of the molecule is O=C1CS(=O)Cc2ccccc21. The number of Topliss-reactive ketones (excluding diaryl/α,β-unsaturated/α-hetero) is 1. The van der Waals surface area contributed by atoms with Crippen molar-refractivity contribution in [2.24, 2.45) is 0 Å². The highest BCUT2D eigenvalue weighted by atomic mass is 32.2. The monoisotopic (exact) mass is 180 g/mol. The average molecular weight is 180 g/mol. The Kier molecular flexibility index (Phi) is 1.81. The van der Waals surface area contributed by atoms with E-state index < -0.39 is 10.8 Å². The van der Waals surface area contributed by atoms with Gasteiger partial charge in [0.25, 0.3) is 0 Å². The van der Waals surface area contributed by atoms with Crippen molar-refractivity contribution in [3.63, 3.8) is 0 Å². The lowest BCUT2D eigenvalue weighted by molar-refractivity contribution is 0.101. The summed E-state index contributed by atoms with van der Waals surface area (Å²) in [7, 11) is -0.981. The van der Waals surface area contributed by atoms with Crippen LogP contribution in [0.3, 0.4) is 0 Å². The first-order chi connectivity index (χ1) is 5.77. The van der Waals surface area contributed by atoms with Gasteiger partial charge in [0.1, 0.15) is 0 Å². The third-order valence-electron chi connectivity index (χ3n) is 1.93. The number of rotatable bonds is 0. The summed E-state index contributed by atoms with van der Waals surface area (Å²) < 4.78 is 11.1. The largest absolute Gasteiger partial charge is 0.293 e. The summed E-state index contributed by atoms with van der Waals surface area (Å²) in [5.41, 5.74) is 1.67. The first-order valence-electron chi connectivity index (χ1n) is 3.73. The smallest absolute Gasteiger partial charge is 0.175 e. The van der Waals surface area contributed by atoms with E-state index in [2.05, 4.69) is 0 Å². The topological polar surface area (TPSA) is 34.1 Å². The molecule has 0 N–H and O–H groups in total. The van der Waals surface area contributed by atoms with E-state index in [4.69, 9.17) is 0 Å². The van der Waals surface area contributed by atoms with Crippen LogP contribution >= 0.6 is 0 Å². The minimum absolute atomic E-state index is 0.00943. The lowest BCUT2D eigenvalue weighted by atomic mass is 10.1. The summed E-state index contributed by atoms with van der Waals surface area (Å²) in [6.07, 6.45) is 0. The maximum atomic E-state index is 11.3. The molecule has 0 aromatic heterocycles. The lowest BCUT2D eigenvalue weighted by Gasteiger charge is -2.12. The highest BCUT2D eigenvalue weighted by Crippen LogP contribution is 2.17. The first-order valence-corrected chi connectivity index (χ1v) is 5.22. The standard InChI is InChI=1S/C9H8O2S/c10-9-6-12(11)5-7-3-1-2-4-8(7)9/h1-4H,5-6H2. The summed E-state index contributed by atoms with van der Waals surface area (Å²) in [6, 6.07) is 7.37. The molecule has 1 aliphatic rings. The zero-order valence-electron chi connectivity index (χ0n) is 6.45. The van der Waals surface area contributed by atoms with Gasteiger partial charge in [-0.25, -0.2) is 0 Å². The summed E-state index contributed by atoms with van der Waals surface area (Å²) >= 11 is 0. The van der Waals surface area contributed by atoms with Crippen LogP contribution in [0.2, 0.25) is 0 Å². The fourth-order valence-electron chi connectivity index (χ4n) is 1.37. The van der Waals surface area contributed by atoms with Crippen molar-refractivity contribution in [2.45, 2.75) is 5.75 Å². The van der Waals surface area contributed by atoms with Crippen molar-refractivity contribution in [3.05, 3.63) is 35.4 Å². The second kappa shape index (κ2) is 2.83. The van der Waals surface area contributed by atoms with E-state index in [1.54, 1.807) is 6.07 Å². The Hall–Kier alpha value is -0.960. The van der Waals surface area contributed by atoms with Crippen molar-refractivity contribution < 1.29 is 9.00 Å². The Balaban J connectivity index is 2.54. The molecule has 0 aliphatic carbocycles. The molecule has 0 radical (unpaired) electrons. The van der Waals surface area contributed by atoms with Crippen LogP contribution in [0.15, 0.2) is 24.3 Å². The van der Waals surface area contributed by atoms with Gasteiger partial charge < -0.3 is 0 Å². The minimum atomic E-state index is -0.981. The van der Waals surface area contributed by atoms with E-state index in [1.165, 1.54) is 0 Å². The van der Waals surface area contributed by atoms with Gasteiger partial charge in [-0.1, -0.05) is 24.3 Å². The number of fused-ring (bicyclic) bond motifs is 1. The van der Waals surface area contributed by atoms with Gasteiger partial charge >= 0.3 is 0 Å². The number of benzene rings is 1. The van der Waals surface area contributed by atoms with E-state index in [9.17, 15) is 9.00 Å². The second-order valence-corrected chi connectivity index (χ2v) is 4.27. The van der Waals surface area contributed by atoms with Crippen molar-refractivity contribution in [1.29, 1.82) is 0 Å². The number of carbonyl (C=O) groups excluding carboxylic acids is 1. The van der Waals surface area contributed by atoms with Crippen LogP contribution in [0, 0.1) is 0 Å². The molecule has 1 aromatic rings. The molecule has 0 saturated carbocycles. The molecule has 0 spiro atoms. The predicted octanol–water partition coefficient (Wildman–Crippen LogP) is 1.13. The van der Waals surface area contributed by atoms with Gasteiger partial charge in [-0.3, -0.25) is 9.00 Å². The Morgan fingerprint density at radius 2 is 1.92 bits per heavy atom. The van der Waals surface area contributed by atoms with Crippen molar-refractivity contribution in [2.75, 3.05) is 5.75 Å². The molecule has 3 heteroatoms. The fourth-order valence-corrected chi connectivity index (χ4v) is 2.52. The van der Waals surface area contributed by atoms with E-state index in [0.29, 0.717) is 5.75 Å². The molecule has 0 bridgehead atoms. The molecule has 0 amide bonds. The number of ketones is 1. The van der Waals surface area contributed by atoms with E-state index in [1.807, 2.05) is 18.2 Å². The Labute approximate surface area is 73.1 Å². The molecule has 1 heterocycles. The summed E-state index contributed by atoms with van der Waals surface area (Å²) in [6.45, 7) is 0. The molecule has 1 aliphatic heterocycles. The van der Waals surface area contributed by atoms with Gasteiger partial charge in [0.2, 0.25) is 0 Å². The van der Waals surface area contributed by atoms with Crippen LogP contribution in [0.1, 0.15) is 15.9 Å².